The highest BCUT2D eigenvalue weighted by Crippen LogP contribution is 2.40. The number of aromatic amines is 1. The lowest BCUT2D eigenvalue weighted by molar-refractivity contribution is -0.139. The molecule has 0 radical (unpaired) electrons. The van der Waals surface area contributed by atoms with Crippen molar-refractivity contribution in [2.45, 2.75) is 48.2 Å². The van der Waals surface area contributed by atoms with Crippen molar-refractivity contribution in [1.29, 1.82) is 0 Å². The van der Waals surface area contributed by atoms with Gasteiger partial charge in [-0.15, -0.1) is 0 Å². The molecule has 1 unspecified atom stereocenters. The molecule has 0 aliphatic heterocycles. The number of carbonyl (C=O) groups is 3. The second-order valence-corrected chi connectivity index (χ2v) is 11.5. The van der Waals surface area contributed by atoms with Crippen molar-refractivity contribution < 1.29 is 19.1 Å². The first-order valence-electron chi connectivity index (χ1n) is 11.5. The predicted molar refractivity (Wildman–Crippen MR) is 146 cm³/mol. The predicted octanol–water partition coefficient (Wildman–Crippen LogP) is 4.51. The summed E-state index contributed by atoms with van der Waals surface area (Å²) in [5, 5.41) is 3.48. The highest BCUT2D eigenvalue weighted by Gasteiger charge is 2.44. The molecule has 8 nitrogen and oxygen atoms in total. The summed E-state index contributed by atoms with van der Waals surface area (Å²) in [6, 6.07) is 14.7. The number of hydrogen-bond acceptors (Lipinski definition) is 4. The summed E-state index contributed by atoms with van der Waals surface area (Å²) in [4.78, 5) is 43.3. The van der Waals surface area contributed by atoms with E-state index in [2.05, 4.69) is 10.3 Å². The van der Waals surface area contributed by atoms with E-state index < -0.39 is 39.4 Å². The first kappa shape index (κ1) is 28.6. The van der Waals surface area contributed by atoms with Crippen LogP contribution >= 0.6 is 34.8 Å². The first-order chi connectivity index (χ1) is 17.3. The average Bonchev–Trinajstić information content (AvgIpc) is 3.23. The number of amides is 3. The standard InChI is InChI=1S/C26H29Cl3N4O4/c1-25(2,26(27,28)29)37-24(36)32-20(14-17-15-31-19-12-8-7-11-18(17)19)23(35)33(3)21(22(30)34)13-16-9-5-4-6-10-16/h4-12,15,20-21,31H,13-14H2,1-3H3,(H2,30,34)(H,32,36)/t20-,21?/m0/s1. The zero-order valence-corrected chi connectivity index (χ0v) is 22.9. The number of nitrogens with two attached hydrogens (primary N) is 1. The quantitative estimate of drug-likeness (QED) is 0.330. The van der Waals surface area contributed by atoms with Gasteiger partial charge in [-0.2, -0.15) is 0 Å². The Bertz CT molecular complexity index is 1260. The summed E-state index contributed by atoms with van der Waals surface area (Å²) in [6.07, 6.45) is 1.12. The molecule has 11 heteroatoms. The minimum absolute atomic E-state index is 0.104. The summed E-state index contributed by atoms with van der Waals surface area (Å²) >= 11 is 17.8. The third kappa shape index (κ3) is 7.09. The topological polar surface area (TPSA) is 118 Å². The van der Waals surface area contributed by atoms with E-state index in [0.29, 0.717) is 0 Å². The van der Waals surface area contributed by atoms with Crippen LogP contribution in [0.5, 0.6) is 0 Å². The van der Waals surface area contributed by atoms with Crippen LogP contribution in [0, 0.1) is 0 Å². The zero-order valence-electron chi connectivity index (χ0n) is 20.6. The number of ether oxygens (including phenoxy) is 1. The lowest BCUT2D eigenvalue weighted by Crippen LogP contribution is -2.56. The lowest BCUT2D eigenvalue weighted by atomic mass is 10.0. The minimum atomic E-state index is -1.91. The number of hydrogen-bond donors (Lipinski definition) is 3. The SMILES string of the molecule is CN(C(=O)[C@H](Cc1c[nH]c2ccccc12)NC(=O)OC(C)(C)C(Cl)(Cl)Cl)C(Cc1ccccc1)C(N)=O. The molecule has 0 saturated heterocycles. The van der Waals surface area contributed by atoms with Crippen LogP contribution in [0.4, 0.5) is 4.79 Å². The van der Waals surface area contributed by atoms with E-state index in [0.717, 1.165) is 22.0 Å². The van der Waals surface area contributed by atoms with Crippen LogP contribution < -0.4 is 11.1 Å². The fourth-order valence-corrected chi connectivity index (χ4v) is 3.96. The number of halogens is 3. The Hall–Kier alpha value is -2.94. The largest absolute Gasteiger partial charge is 0.439 e. The van der Waals surface area contributed by atoms with Crippen LogP contribution in [0.3, 0.4) is 0 Å². The molecular formula is C26H29Cl3N4O4. The molecule has 0 aliphatic carbocycles. The summed E-state index contributed by atoms with van der Waals surface area (Å²) < 4.78 is 3.44. The van der Waals surface area contributed by atoms with Gasteiger partial charge in [-0.25, -0.2) is 4.79 Å². The van der Waals surface area contributed by atoms with Gasteiger partial charge in [-0.1, -0.05) is 83.3 Å². The highest BCUT2D eigenvalue weighted by molar-refractivity contribution is 6.68. The minimum Gasteiger partial charge on any atom is -0.439 e. The summed E-state index contributed by atoms with van der Waals surface area (Å²) in [7, 11) is 1.47. The first-order valence-corrected chi connectivity index (χ1v) is 12.6. The number of fused-ring (bicyclic) bond motifs is 1. The van der Waals surface area contributed by atoms with Crippen LogP contribution in [0.15, 0.2) is 60.8 Å². The smallest absolute Gasteiger partial charge is 0.408 e. The van der Waals surface area contributed by atoms with Crippen molar-refractivity contribution in [3.8, 4) is 0 Å². The van der Waals surface area contributed by atoms with Crippen molar-refractivity contribution in [3.05, 3.63) is 71.9 Å². The van der Waals surface area contributed by atoms with Gasteiger partial charge in [0.1, 0.15) is 12.1 Å². The molecule has 2 atom stereocenters. The maximum Gasteiger partial charge on any atom is 0.408 e. The van der Waals surface area contributed by atoms with Crippen molar-refractivity contribution in [3.63, 3.8) is 0 Å². The molecule has 1 aromatic heterocycles. The number of aromatic nitrogens is 1. The van der Waals surface area contributed by atoms with Gasteiger partial charge in [-0.3, -0.25) is 9.59 Å². The molecule has 0 fully saturated rings. The van der Waals surface area contributed by atoms with Crippen molar-refractivity contribution in [2.75, 3.05) is 7.05 Å². The number of H-pyrrole nitrogens is 1. The van der Waals surface area contributed by atoms with Crippen LogP contribution in [-0.2, 0) is 27.2 Å². The van der Waals surface area contributed by atoms with E-state index in [1.807, 2.05) is 54.6 Å². The number of rotatable bonds is 9. The second-order valence-electron chi connectivity index (χ2n) is 9.22. The van der Waals surface area contributed by atoms with Crippen molar-refractivity contribution in [2.24, 2.45) is 5.73 Å². The molecule has 4 N–H and O–H groups in total. The fraction of sp³-hybridized carbons (Fsp3) is 0.346. The number of primary amides is 1. The molecule has 3 rings (SSSR count). The van der Waals surface area contributed by atoms with E-state index in [9.17, 15) is 14.4 Å². The number of alkyl halides is 3. The van der Waals surface area contributed by atoms with Gasteiger partial charge >= 0.3 is 6.09 Å². The molecule has 0 aliphatic rings. The zero-order chi connectivity index (χ0) is 27.4. The van der Waals surface area contributed by atoms with Gasteiger partial charge in [0.25, 0.3) is 0 Å². The van der Waals surface area contributed by atoms with E-state index in [1.165, 1.54) is 25.8 Å². The molecule has 0 spiro atoms. The number of alkyl carbamates (subject to hydrolysis) is 1. The van der Waals surface area contributed by atoms with E-state index >= 15 is 0 Å². The van der Waals surface area contributed by atoms with E-state index in [1.54, 1.807) is 6.20 Å². The Morgan fingerprint density at radius 2 is 1.65 bits per heavy atom. The second kappa shape index (κ2) is 11.6. The summed E-state index contributed by atoms with van der Waals surface area (Å²) in [5.74, 6) is -1.21. The van der Waals surface area contributed by atoms with Gasteiger partial charge in [0.05, 0.1) is 0 Å². The number of para-hydroxylation sites is 1. The number of nitrogens with one attached hydrogen (secondary N) is 2. The highest BCUT2D eigenvalue weighted by atomic mass is 35.6. The van der Waals surface area contributed by atoms with Gasteiger partial charge < -0.3 is 25.7 Å². The van der Waals surface area contributed by atoms with Crippen molar-refractivity contribution >= 4 is 63.6 Å². The average molecular weight is 568 g/mol. The molecule has 0 saturated carbocycles. The van der Waals surface area contributed by atoms with E-state index in [-0.39, 0.29) is 12.8 Å². The van der Waals surface area contributed by atoms with Crippen LogP contribution in [0.25, 0.3) is 10.9 Å². The Labute approximate surface area is 230 Å². The fourth-order valence-electron chi connectivity index (χ4n) is 3.85. The third-order valence-corrected chi connectivity index (χ3v) is 7.50. The maximum absolute atomic E-state index is 13.7. The lowest BCUT2D eigenvalue weighted by Gasteiger charge is -2.33. The monoisotopic (exact) mass is 566 g/mol. The van der Waals surface area contributed by atoms with Gasteiger partial charge in [0.2, 0.25) is 15.6 Å². The van der Waals surface area contributed by atoms with Crippen LogP contribution in [-0.4, -0.2) is 56.3 Å². The number of likely N-dealkylation sites (N-methyl/N-ethyl adjacent to an activating group) is 1. The number of benzene rings is 2. The Morgan fingerprint density at radius 3 is 2.27 bits per heavy atom. The maximum atomic E-state index is 13.7. The molecule has 0 bridgehead atoms. The number of carbonyl (C=O) groups excluding carboxylic acids is 3. The summed E-state index contributed by atoms with van der Waals surface area (Å²) in [5.41, 5.74) is 6.66. The number of nitrogens with zero attached hydrogens (tertiary/aromatic N) is 1. The Morgan fingerprint density at radius 1 is 1.03 bits per heavy atom. The Balaban J connectivity index is 1.89. The molecule has 198 valence electrons. The van der Waals surface area contributed by atoms with Crippen LogP contribution in [0.2, 0.25) is 0 Å². The molecule has 3 amide bonds. The van der Waals surface area contributed by atoms with Gasteiger partial charge in [-0.05, 0) is 31.0 Å². The van der Waals surface area contributed by atoms with E-state index in [4.69, 9.17) is 45.3 Å². The normalized spacial score (nSPS) is 13.6. The molecule has 37 heavy (non-hydrogen) atoms. The molecule has 1 heterocycles. The summed E-state index contributed by atoms with van der Waals surface area (Å²) in [6.45, 7) is 2.87. The van der Waals surface area contributed by atoms with Crippen molar-refractivity contribution in [1.82, 2.24) is 15.2 Å². The van der Waals surface area contributed by atoms with Crippen LogP contribution in [0.1, 0.15) is 25.0 Å². The van der Waals surface area contributed by atoms with Gasteiger partial charge in [0, 0.05) is 37.0 Å². The molecule has 2 aromatic carbocycles. The molecule has 3 aromatic rings. The van der Waals surface area contributed by atoms with Gasteiger partial charge in [0.15, 0.2) is 5.60 Å². The third-order valence-electron chi connectivity index (χ3n) is 6.14. The molecular weight excluding hydrogens is 539 g/mol. The Kier molecular flexibility index (Phi) is 9.00.